The van der Waals surface area contributed by atoms with Crippen molar-refractivity contribution in [1.29, 1.82) is 0 Å². The van der Waals surface area contributed by atoms with Gasteiger partial charge in [0.25, 0.3) is 0 Å². The van der Waals surface area contributed by atoms with E-state index in [1.807, 2.05) is 61.7 Å². The van der Waals surface area contributed by atoms with Gasteiger partial charge in [-0.3, -0.25) is 4.79 Å². The van der Waals surface area contributed by atoms with Crippen LogP contribution >= 0.6 is 11.6 Å². The van der Waals surface area contributed by atoms with Crippen molar-refractivity contribution in [3.63, 3.8) is 0 Å². The fourth-order valence-corrected chi connectivity index (χ4v) is 3.12. The molecule has 4 rings (SSSR count). The first kappa shape index (κ1) is 18.0. The average molecular weight is 392 g/mol. The zero-order chi connectivity index (χ0) is 19.5. The molecule has 0 fully saturated rings. The van der Waals surface area contributed by atoms with Crippen LogP contribution in [0.4, 0.5) is 5.82 Å². The zero-order valence-corrected chi connectivity index (χ0v) is 16.0. The average Bonchev–Trinajstić information content (AvgIpc) is 3.29. The number of para-hydroxylation sites is 1. The van der Waals surface area contributed by atoms with Gasteiger partial charge in [-0.2, -0.15) is 10.2 Å². The minimum Gasteiger partial charge on any atom is -0.310 e. The highest BCUT2D eigenvalue weighted by molar-refractivity contribution is 6.30. The van der Waals surface area contributed by atoms with Crippen LogP contribution in [0.15, 0.2) is 73.1 Å². The van der Waals surface area contributed by atoms with Gasteiger partial charge in [0.05, 0.1) is 29.7 Å². The lowest BCUT2D eigenvalue weighted by atomic mass is 10.2. The smallest absolute Gasteiger partial charge is 0.230 e. The number of hydrogen-bond acceptors (Lipinski definition) is 3. The van der Waals surface area contributed by atoms with E-state index in [0.29, 0.717) is 10.8 Å². The fraction of sp³-hybridized carbons (Fsp3) is 0.0952. The van der Waals surface area contributed by atoms with Gasteiger partial charge in [0.15, 0.2) is 0 Å². The minimum atomic E-state index is -0.143. The van der Waals surface area contributed by atoms with Gasteiger partial charge in [0.2, 0.25) is 5.91 Å². The van der Waals surface area contributed by atoms with E-state index in [0.717, 1.165) is 22.6 Å². The van der Waals surface area contributed by atoms with Crippen molar-refractivity contribution in [3.8, 4) is 11.4 Å². The number of carbonyl (C=O) groups excluding carboxylic acids is 1. The molecule has 0 aliphatic rings. The summed E-state index contributed by atoms with van der Waals surface area (Å²) in [5.74, 6) is 0.455. The summed E-state index contributed by atoms with van der Waals surface area (Å²) in [4.78, 5) is 12.6. The topological polar surface area (TPSA) is 64.7 Å². The van der Waals surface area contributed by atoms with Gasteiger partial charge < -0.3 is 5.32 Å². The molecule has 140 valence electrons. The molecule has 1 N–H and O–H groups in total. The molecule has 2 heterocycles. The van der Waals surface area contributed by atoms with Crippen LogP contribution in [0.25, 0.3) is 11.4 Å². The largest absolute Gasteiger partial charge is 0.310 e. The van der Waals surface area contributed by atoms with Crippen LogP contribution < -0.4 is 5.32 Å². The van der Waals surface area contributed by atoms with Crippen molar-refractivity contribution in [2.45, 2.75) is 13.3 Å². The Labute approximate surface area is 167 Å². The predicted molar refractivity (Wildman–Crippen MR) is 109 cm³/mol. The molecule has 0 spiro atoms. The number of benzene rings is 2. The van der Waals surface area contributed by atoms with Crippen LogP contribution in [0, 0.1) is 6.92 Å². The Balaban J connectivity index is 1.50. The van der Waals surface area contributed by atoms with E-state index in [2.05, 4.69) is 15.5 Å². The van der Waals surface area contributed by atoms with Crippen LogP contribution in [0.3, 0.4) is 0 Å². The van der Waals surface area contributed by atoms with E-state index in [4.69, 9.17) is 11.6 Å². The quantitative estimate of drug-likeness (QED) is 0.554. The number of hydrogen-bond donors (Lipinski definition) is 1. The Morgan fingerprint density at radius 2 is 1.86 bits per heavy atom. The number of nitrogens with zero attached hydrogens (tertiary/aromatic N) is 4. The molecule has 6 nitrogen and oxygen atoms in total. The summed E-state index contributed by atoms with van der Waals surface area (Å²) in [6.45, 7) is 1.88. The molecule has 1 amide bonds. The number of rotatable bonds is 5. The van der Waals surface area contributed by atoms with Crippen molar-refractivity contribution in [2.75, 3.05) is 5.32 Å². The molecule has 28 heavy (non-hydrogen) atoms. The molecule has 2 aromatic heterocycles. The molecule has 0 bridgehead atoms. The molecule has 0 radical (unpaired) electrons. The Hall–Kier alpha value is -3.38. The third-order valence-corrected chi connectivity index (χ3v) is 4.41. The van der Waals surface area contributed by atoms with Crippen molar-refractivity contribution in [2.24, 2.45) is 0 Å². The summed E-state index contributed by atoms with van der Waals surface area (Å²) in [5.41, 5.74) is 3.36. The van der Waals surface area contributed by atoms with E-state index >= 15 is 0 Å². The third kappa shape index (κ3) is 3.97. The van der Waals surface area contributed by atoms with Gasteiger partial charge in [-0.1, -0.05) is 35.9 Å². The van der Waals surface area contributed by atoms with Gasteiger partial charge in [0, 0.05) is 17.3 Å². The van der Waals surface area contributed by atoms with E-state index in [1.54, 1.807) is 27.7 Å². The first-order valence-corrected chi connectivity index (χ1v) is 9.18. The highest BCUT2D eigenvalue weighted by Gasteiger charge is 2.13. The maximum atomic E-state index is 12.6. The third-order valence-electron chi connectivity index (χ3n) is 4.17. The zero-order valence-electron chi connectivity index (χ0n) is 15.2. The second kappa shape index (κ2) is 7.70. The second-order valence-corrected chi connectivity index (χ2v) is 6.85. The highest BCUT2D eigenvalue weighted by Crippen LogP contribution is 2.20. The van der Waals surface area contributed by atoms with Crippen LogP contribution in [0.5, 0.6) is 0 Å². The molecular formula is C21H18ClN5O. The standard InChI is InChI=1S/C21H18ClN5O/c1-15-10-20(27(25-15)19-9-5-6-17(22)12-19)24-21(28)11-16-13-23-26(14-16)18-7-3-2-4-8-18/h2-10,12-14H,11H2,1H3,(H,24,28). The van der Waals surface area contributed by atoms with Crippen LogP contribution in [-0.4, -0.2) is 25.5 Å². The summed E-state index contributed by atoms with van der Waals surface area (Å²) in [6.07, 6.45) is 3.77. The molecule has 2 aromatic carbocycles. The number of aryl methyl sites for hydroxylation is 1. The molecule has 7 heteroatoms. The van der Waals surface area contributed by atoms with Gasteiger partial charge in [-0.05, 0) is 42.8 Å². The predicted octanol–water partition coefficient (Wildman–Crippen LogP) is 4.20. The number of carbonyl (C=O) groups is 1. The Bertz CT molecular complexity index is 1120. The molecule has 0 saturated carbocycles. The molecular weight excluding hydrogens is 374 g/mol. The molecule has 0 aliphatic heterocycles. The van der Waals surface area contributed by atoms with Crippen LogP contribution in [0.1, 0.15) is 11.3 Å². The summed E-state index contributed by atoms with van der Waals surface area (Å²) < 4.78 is 3.43. The lowest BCUT2D eigenvalue weighted by Gasteiger charge is -2.09. The second-order valence-electron chi connectivity index (χ2n) is 6.42. The Morgan fingerprint density at radius 3 is 2.64 bits per heavy atom. The molecule has 0 saturated heterocycles. The normalized spacial score (nSPS) is 10.8. The fourth-order valence-electron chi connectivity index (χ4n) is 2.94. The van der Waals surface area contributed by atoms with E-state index < -0.39 is 0 Å². The highest BCUT2D eigenvalue weighted by atomic mass is 35.5. The molecule has 4 aromatic rings. The summed E-state index contributed by atoms with van der Waals surface area (Å²) in [6, 6.07) is 18.9. The Morgan fingerprint density at radius 1 is 1.07 bits per heavy atom. The van der Waals surface area contributed by atoms with Gasteiger partial charge in [-0.15, -0.1) is 0 Å². The van der Waals surface area contributed by atoms with Crippen LogP contribution in [0.2, 0.25) is 5.02 Å². The van der Waals surface area contributed by atoms with Gasteiger partial charge in [-0.25, -0.2) is 9.36 Å². The van der Waals surface area contributed by atoms with Crippen molar-refractivity contribution >= 4 is 23.3 Å². The maximum absolute atomic E-state index is 12.6. The number of nitrogens with one attached hydrogen (secondary N) is 1. The first-order chi connectivity index (χ1) is 13.6. The Kier molecular flexibility index (Phi) is 4.95. The van der Waals surface area contributed by atoms with Crippen molar-refractivity contribution in [3.05, 3.63) is 89.3 Å². The minimum absolute atomic E-state index is 0.143. The number of amides is 1. The maximum Gasteiger partial charge on any atom is 0.230 e. The lowest BCUT2D eigenvalue weighted by Crippen LogP contribution is -2.17. The van der Waals surface area contributed by atoms with E-state index in [1.165, 1.54) is 0 Å². The van der Waals surface area contributed by atoms with Crippen molar-refractivity contribution in [1.82, 2.24) is 19.6 Å². The number of anilines is 1. The monoisotopic (exact) mass is 391 g/mol. The number of aromatic nitrogens is 4. The van der Waals surface area contributed by atoms with Crippen molar-refractivity contribution < 1.29 is 4.79 Å². The summed E-state index contributed by atoms with van der Waals surface area (Å²) in [5, 5.41) is 12.3. The van der Waals surface area contributed by atoms with Gasteiger partial charge >= 0.3 is 0 Å². The van der Waals surface area contributed by atoms with Gasteiger partial charge in [0.1, 0.15) is 5.82 Å². The van der Waals surface area contributed by atoms with E-state index in [-0.39, 0.29) is 12.3 Å². The SMILES string of the molecule is Cc1cc(NC(=O)Cc2cnn(-c3ccccc3)c2)n(-c2cccc(Cl)c2)n1. The first-order valence-electron chi connectivity index (χ1n) is 8.80. The summed E-state index contributed by atoms with van der Waals surface area (Å²) in [7, 11) is 0. The molecule has 0 atom stereocenters. The lowest BCUT2D eigenvalue weighted by molar-refractivity contribution is -0.115. The number of halogens is 1. The van der Waals surface area contributed by atoms with E-state index in [9.17, 15) is 4.79 Å². The summed E-state index contributed by atoms with van der Waals surface area (Å²) >= 11 is 6.08. The molecule has 0 unspecified atom stereocenters. The molecule has 0 aliphatic carbocycles. The van der Waals surface area contributed by atoms with Crippen LogP contribution in [-0.2, 0) is 11.2 Å².